The Morgan fingerprint density at radius 1 is 1.08 bits per heavy atom. The molecule has 0 fully saturated rings. The van der Waals surface area contributed by atoms with E-state index >= 15 is 0 Å². The molecule has 13 heavy (non-hydrogen) atoms. The van der Waals surface area contributed by atoms with Gasteiger partial charge in [-0.25, -0.2) is 0 Å². The first-order valence-electron chi connectivity index (χ1n) is 4.80. The van der Waals surface area contributed by atoms with Crippen molar-refractivity contribution in [3.63, 3.8) is 0 Å². The zero-order valence-corrected chi connectivity index (χ0v) is 14.5. The van der Waals surface area contributed by atoms with Crippen molar-refractivity contribution in [3.05, 3.63) is 11.3 Å². The molecule has 0 amide bonds. The van der Waals surface area contributed by atoms with Crippen molar-refractivity contribution in [1.29, 1.82) is 0 Å². The van der Waals surface area contributed by atoms with Crippen molar-refractivity contribution in [3.8, 4) is 0 Å². The molecular formula is C10H22ClSiZn-. The van der Waals surface area contributed by atoms with Crippen molar-refractivity contribution in [2.45, 2.75) is 52.8 Å². The van der Waals surface area contributed by atoms with Crippen LogP contribution in [-0.4, -0.2) is 8.07 Å². The molecule has 0 atom stereocenters. The zero-order chi connectivity index (χ0) is 8.91. The van der Waals surface area contributed by atoms with E-state index in [-0.39, 0.29) is 31.9 Å². The summed E-state index contributed by atoms with van der Waals surface area (Å²) >= 11 is 0. The summed E-state index contributed by atoms with van der Waals surface area (Å²) in [4.78, 5) is 0. The van der Waals surface area contributed by atoms with E-state index < -0.39 is 8.07 Å². The van der Waals surface area contributed by atoms with Gasteiger partial charge >= 0.3 is 0 Å². The summed E-state index contributed by atoms with van der Waals surface area (Å²) < 4.78 is 0. The van der Waals surface area contributed by atoms with Gasteiger partial charge in [0, 0.05) is 19.5 Å². The SMILES string of the molecule is C/C=C(\C)[Si](CC)(CC)CC.[Cl-].[Zn]. The van der Waals surface area contributed by atoms with Crippen molar-refractivity contribution in [1.82, 2.24) is 0 Å². The molecule has 0 spiro atoms. The summed E-state index contributed by atoms with van der Waals surface area (Å²) in [6.07, 6.45) is 2.32. The summed E-state index contributed by atoms with van der Waals surface area (Å²) in [5.74, 6) is 0. The Labute approximate surface area is 104 Å². The number of allylic oxidation sites excluding steroid dienone is 2. The number of hydrogen-bond acceptors (Lipinski definition) is 0. The molecule has 76 valence electrons. The Bertz CT molecular complexity index is 134. The van der Waals surface area contributed by atoms with Gasteiger partial charge in [-0.05, 0) is 13.8 Å². The van der Waals surface area contributed by atoms with Gasteiger partial charge in [0.25, 0.3) is 0 Å². The van der Waals surface area contributed by atoms with Gasteiger partial charge in [-0.2, -0.15) is 0 Å². The average Bonchev–Trinajstić information content (AvgIpc) is 2.08. The number of halogens is 1. The molecule has 3 heteroatoms. The van der Waals surface area contributed by atoms with Crippen molar-refractivity contribution in [2.75, 3.05) is 0 Å². The third kappa shape index (κ3) is 4.76. The first-order valence-corrected chi connectivity index (χ1v) is 7.42. The van der Waals surface area contributed by atoms with Crippen LogP contribution < -0.4 is 12.4 Å². The van der Waals surface area contributed by atoms with Gasteiger partial charge in [0.05, 0.1) is 8.07 Å². The number of hydrogen-bond donors (Lipinski definition) is 0. The fourth-order valence-corrected chi connectivity index (χ4v) is 5.68. The van der Waals surface area contributed by atoms with E-state index in [2.05, 4.69) is 40.7 Å². The van der Waals surface area contributed by atoms with Crippen LogP contribution in [0.5, 0.6) is 0 Å². The van der Waals surface area contributed by atoms with E-state index in [0.29, 0.717) is 0 Å². The van der Waals surface area contributed by atoms with Gasteiger partial charge in [0.1, 0.15) is 0 Å². The predicted molar refractivity (Wildman–Crippen MR) is 56.6 cm³/mol. The van der Waals surface area contributed by atoms with Crippen LogP contribution in [0.1, 0.15) is 34.6 Å². The molecule has 0 unspecified atom stereocenters. The van der Waals surface area contributed by atoms with Gasteiger partial charge in [-0.3, -0.25) is 0 Å². The second-order valence-electron chi connectivity index (χ2n) is 3.31. The van der Waals surface area contributed by atoms with Crippen LogP contribution in [0.2, 0.25) is 18.1 Å². The monoisotopic (exact) mass is 269 g/mol. The molecule has 0 aromatic carbocycles. The van der Waals surface area contributed by atoms with E-state index in [0.717, 1.165) is 0 Å². The molecule has 0 aromatic heterocycles. The van der Waals surface area contributed by atoms with Gasteiger partial charge in [0.15, 0.2) is 0 Å². The van der Waals surface area contributed by atoms with Gasteiger partial charge in [0.2, 0.25) is 0 Å². The molecule has 0 rings (SSSR count). The molecule has 0 saturated heterocycles. The van der Waals surface area contributed by atoms with Gasteiger partial charge in [-0.15, -0.1) is 0 Å². The topological polar surface area (TPSA) is 0 Å². The predicted octanol–water partition coefficient (Wildman–Crippen LogP) is 1.00. The van der Waals surface area contributed by atoms with Gasteiger partial charge in [-0.1, -0.05) is 50.2 Å². The molecule has 0 nitrogen and oxygen atoms in total. The summed E-state index contributed by atoms with van der Waals surface area (Å²) in [5, 5.41) is 1.70. The van der Waals surface area contributed by atoms with Crippen molar-refractivity contribution < 1.29 is 31.9 Å². The van der Waals surface area contributed by atoms with Crippen LogP contribution in [0, 0.1) is 0 Å². The zero-order valence-electron chi connectivity index (χ0n) is 9.78. The minimum absolute atomic E-state index is 0. The summed E-state index contributed by atoms with van der Waals surface area (Å²) in [6, 6.07) is 4.24. The van der Waals surface area contributed by atoms with Crippen LogP contribution >= 0.6 is 0 Å². The number of rotatable bonds is 4. The summed E-state index contributed by atoms with van der Waals surface area (Å²) in [6.45, 7) is 11.6. The quantitative estimate of drug-likeness (QED) is 0.669. The fourth-order valence-electron chi connectivity index (χ4n) is 1.89. The second-order valence-corrected chi connectivity index (χ2v) is 8.78. The molecule has 0 aliphatic heterocycles. The third-order valence-electron chi connectivity index (χ3n) is 3.30. The third-order valence-corrected chi connectivity index (χ3v) is 9.32. The minimum atomic E-state index is -0.960. The Hall–Kier alpha value is 0.870. The largest absolute Gasteiger partial charge is 1.00 e. The van der Waals surface area contributed by atoms with Crippen LogP contribution in [0.15, 0.2) is 11.3 Å². The molecule has 0 N–H and O–H groups in total. The van der Waals surface area contributed by atoms with Crippen LogP contribution in [-0.2, 0) is 19.5 Å². The van der Waals surface area contributed by atoms with Gasteiger partial charge < -0.3 is 12.4 Å². The molecule has 0 radical (unpaired) electrons. The Balaban J connectivity index is -0.000000500. The van der Waals surface area contributed by atoms with Crippen LogP contribution in [0.3, 0.4) is 0 Å². The Morgan fingerprint density at radius 3 is 1.46 bits per heavy atom. The standard InChI is InChI=1S/C10H22Si.ClH.Zn/c1-6-10(5)11(7-2,8-3)9-4;;/h6H,7-9H2,1-5H3;1H;/p-1/b10-6+;;. The maximum absolute atomic E-state index is 2.35. The average molecular weight is 271 g/mol. The molecular weight excluding hydrogens is 249 g/mol. The van der Waals surface area contributed by atoms with E-state index in [1.165, 1.54) is 18.1 Å². The maximum Gasteiger partial charge on any atom is 0.0799 e. The fraction of sp³-hybridized carbons (Fsp3) is 0.800. The van der Waals surface area contributed by atoms with E-state index in [4.69, 9.17) is 0 Å². The Kier molecular flexibility index (Phi) is 14.1. The smallest absolute Gasteiger partial charge is 0.0799 e. The molecule has 0 saturated carbocycles. The summed E-state index contributed by atoms with van der Waals surface area (Å²) in [7, 11) is -0.960. The molecule has 0 aromatic rings. The van der Waals surface area contributed by atoms with E-state index in [9.17, 15) is 0 Å². The maximum atomic E-state index is 2.35. The first-order chi connectivity index (χ1) is 5.16. The van der Waals surface area contributed by atoms with Crippen molar-refractivity contribution in [2.24, 2.45) is 0 Å². The van der Waals surface area contributed by atoms with Crippen LogP contribution in [0.4, 0.5) is 0 Å². The second kappa shape index (κ2) is 9.43. The van der Waals surface area contributed by atoms with E-state index in [1.807, 2.05) is 0 Å². The van der Waals surface area contributed by atoms with E-state index in [1.54, 1.807) is 5.20 Å². The first kappa shape index (κ1) is 19.4. The molecule has 0 aliphatic carbocycles. The minimum Gasteiger partial charge on any atom is -1.00 e. The molecule has 0 bridgehead atoms. The molecule has 0 aliphatic rings. The Morgan fingerprint density at radius 2 is 1.38 bits per heavy atom. The summed E-state index contributed by atoms with van der Waals surface area (Å²) in [5.41, 5.74) is 0. The molecule has 0 heterocycles. The van der Waals surface area contributed by atoms with Crippen LogP contribution in [0.25, 0.3) is 0 Å². The van der Waals surface area contributed by atoms with Crippen molar-refractivity contribution >= 4 is 8.07 Å². The normalized spacial score (nSPS) is 11.6.